The second kappa shape index (κ2) is 6.73. The summed E-state index contributed by atoms with van der Waals surface area (Å²) < 4.78 is 1.92. The molecule has 0 spiro atoms. The molecule has 1 N–H and O–H groups in total. The fourth-order valence-corrected chi connectivity index (χ4v) is 4.51. The first-order chi connectivity index (χ1) is 12.1. The smallest absolute Gasteiger partial charge is 0.243 e. The van der Waals surface area contributed by atoms with Gasteiger partial charge in [-0.15, -0.1) is 11.8 Å². The molecule has 128 valence electrons. The molecule has 25 heavy (non-hydrogen) atoms. The van der Waals surface area contributed by atoms with E-state index in [9.17, 15) is 4.79 Å². The summed E-state index contributed by atoms with van der Waals surface area (Å²) in [7, 11) is 0. The number of carbonyl (C=O) groups is 1. The van der Waals surface area contributed by atoms with Gasteiger partial charge in [-0.25, -0.2) is 4.98 Å². The number of imidazole rings is 1. The van der Waals surface area contributed by atoms with Crippen LogP contribution in [0.3, 0.4) is 0 Å². The van der Waals surface area contributed by atoms with Gasteiger partial charge in [0, 0.05) is 15.7 Å². The molecular formula is C19H18ClN3OS. The van der Waals surface area contributed by atoms with Crippen molar-refractivity contribution in [2.24, 2.45) is 0 Å². The van der Waals surface area contributed by atoms with Gasteiger partial charge >= 0.3 is 0 Å². The largest absolute Gasteiger partial charge is 0.347 e. The van der Waals surface area contributed by atoms with Crippen molar-refractivity contribution in [3.05, 3.63) is 59.4 Å². The van der Waals surface area contributed by atoms with Gasteiger partial charge in [-0.1, -0.05) is 23.7 Å². The number of amides is 1. The number of rotatable bonds is 3. The van der Waals surface area contributed by atoms with Crippen LogP contribution >= 0.6 is 23.4 Å². The first-order valence-electron chi connectivity index (χ1n) is 8.27. The molecule has 0 aliphatic carbocycles. The Morgan fingerprint density at radius 2 is 2.20 bits per heavy atom. The Morgan fingerprint density at radius 3 is 3.08 bits per heavy atom. The number of benzene rings is 2. The third kappa shape index (κ3) is 3.14. The third-order valence-corrected chi connectivity index (χ3v) is 5.96. The summed E-state index contributed by atoms with van der Waals surface area (Å²) in [6.07, 6.45) is 2.64. The number of nitrogens with zero attached hydrogens (tertiary/aromatic N) is 2. The molecule has 1 aromatic heterocycles. The van der Waals surface area contributed by atoms with E-state index >= 15 is 0 Å². The van der Waals surface area contributed by atoms with Crippen LogP contribution in [0.1, 0.15) is 31.0 Å². The van der Waals surface area contributed by atoms with Gasteiger partial charge in [0.2, 0.25) is 5.91 Å². The van der Waals surface area contributed by atoms with E-state index in [2.05, 4.69) is 10.3 Å². The van der Waals surface area contributed by atoms with E-state index in [1.807, 2.05) is 65.7 Å². The van der Waals surface area contributed by atoms with Crippen LogP contribution in [0.2, 0.25) is 5.02 Å². The van der Waals surface area contributed by atoms with Crippen molar-refractivity contribution >= 4 is 40.3 Å². The van der Waals surface area contributed by atoms with E-state index in [0.29, 0.717) is 5.02 Å². The quantitative estimate of drug-likeness (QED) is 0.731. The van der Waals surface area contributed by atoms with Gasteiger partial charge in [0.25, 0.3) is 0 Å². The van der Waals surface area contributed by atoms with Crippen LogP contribution in [-0.2, 0) is 4.79 Å². The van der Waals surface area contributed by atoms with E-state index < -0.39 is 0 Å². The molecule has 6 heteroatoms. The molecule has 1 amide bonds. The van der Waals surface area contributed by atoms with Crippen molar-refractivity contribution in [1.82, 2.24) is 14.9 Å². The lowest BCUT2D eigenvalue weighted by molar-refractivity contribution is -0.124. The van der Waals surface area contributed by atoms with Crippen molar-refractivity contribution in [2.75, 3.05) is 5.75 Å². The number of aromatic nitrogens is 2. The van der Waals surface area contributed by atoms with Gasteiger partial charge in [-0.3, -0.25) is 4.79 Å². The zero-order valence-corrected chi connectivity index (χ0v) is 15.3. The lowest BCUT2D eigenvalue weighted by Gasteiger charge is -2.27. The standard InChI is InChI=1S/C19H18ClN3OS/c1-12(23-11-21-16-4-2-3-5-17(16)23)19(24)22-15-8-9-25-18-7-6-13(20)10-14(15)18/h2-7,10-12,15H,8-9H2,1H3,(H,22,24)/t12-,15-/m1/s1. The number of halogens is 1. The molecule has 0 unspecified atom stereocenters. The Kier molecular flexibility index (Phi) is 4.44. The summed E-state index contributed by atoms with van der Waals surface area (Å²) in [4.78, 5) is 18.4. The number of thioether (sulfide) groups is 1. The van der Waals surface area contributed by atoms with E-state index in [0.717, 1.165) is 28.8 Å². The fourth-order valence-electron chi connectivity index (χ4n) is 3.22. The number of fused-ring (bicyclic) bond motifs is 2. The molecule has 0 bridgehead atoms. The molecule has 4 rings (SSSR count). The molecule has 0 radical (unpaired) electrons. The lowest BCUT2D eigenvalue weighted by atomic mass is 10.0. The maximum atomic E-state index is 12.8. The molecule has 1 aliphatic heterocycles. The first-order valence-corrected chi connectivity index (χ1v) is 9.64. The van der Waals surface area contributed by atoms with Crippen LogP contribution in [0, 0.1) is 0 Å². The Hall–Kier alpha value is -1.98. The Bertz CT molecular complexity index is 939. The van der Waals surface area contributed by atoms with Crippen molar-refractivity contribution < 1.29 is 4.79 Å². The molecule has 2 aromatic carbocycles. The molecule has 0 saturated carbocycles. The molecule has 3 aromatic rings. The minimum absolute atomic E-state index is 0.000291. The van der Waals surface area contributed by atoms with Gasteiger partial charge < -0.3 is 9.88 Å². The molecule has 2 atom stereocenters. The third-order valence-electron chi connectivity index (χ3n) is 4.61. The summed E-state index contributed by atoms with van der Waals surface area (Å²) in [5, 5.41) is 3.90. The van der Waals surface area contributed by atoms with Crippen LogP contribution in [0.4, 0.5) is 0 Å². The minimum Gasteiger partial charge on any atom is -0.347 e. The zero-order valence-electron chi connectivity index (χ0n) is 13.8. The fraction of sp³-hybridized carbons (Fsp3) is 0.263. The van der Waals surface area contributed by atoms with Crippen molar-refractivity contribution in [3.63, 3.8) is 0 Å². The molecule has 4 nitrogen and oxygen atoms in total. The zero-order chi connectivity index (χ0) is 17.4. The van der Waals surface area contributed by atoms with Gasteiger partial charge in [0.15, 0.2) is 0 Å². The van der Waals surface area contributed by atoms with Crippen LogP contribution < -0.4 is 5.32 Å². The molecule has 1 aliphatic rings. The SMILES string of the molecule is C[C@H](C(=O)N[C@@H]1CCSc2ccc(Cl)cc21)n1cnc2ccccc21. The van der Waals surface area contributed by atoms with Crippen LogP contribution in [-0.4, -0.2) is 21.2 Å². The highest BCUT2D eigenvalue weighted by molar-refractivity contribution is 7.99. The van der Waals surface area contributed by atoms with Crippen LogP contribution in [0.5, 0.6) is 0 Å². The lowest BCUT2D eigenvalue weighted by Crippen LogP contribution is -2.35. The summed E-state index contributed by atoms with van der Waals surface area (Å²) in [6, 6.07) is 13.4. The molecule has 2 heterocycles. The predicted octanol–water partition coefficient (Wildman–Crippen LogP) is 4.60. The van der Waals surface area contributed by atoms with E-state index in [4.69, 9.17) is 11.6 Å². The number of hydrogen-bond acceptors (Lipinski definition) is 3. The average Bonchev–Trinajstić information content (AvgIpc) is 3.05. The number of hydrogen-bond donors (Lipinski definition) is 1. The Labute approximate surface area is 155 Å². The van der Waals surface area contributed by atoms with Gasteiger partial charge in [-0.2, -0.15) is 0 Å². The summed E-state index contributed by atoms with van der Waals surface area (Å²) in [5.74, 6) is 0.980. The van der Waals surface area contributed by atoms with E-state index in [1.165, 1.54) is 4.90 Å². The number of para-hydroxylation sites is 2. The van der Waals surface area contributed by atoms with Crippen molar-refractivity contribution in [2.45, 2.75) is 30.3 Å². The Balaban J connectivity index is 1.58. The molecule has 0 fully saturated rings. The van der Waals surface area contributed by atoms with Crippen molar-refractivity contribution in [3.8, 4) is 0 Å². The van der Waals surface area contributed by atoms with E-state index in [-0.39, 0.29) is 18.0 Å². The normalized spacial score (nSPS) is 17.9. The van der Waals surface area contributed by atoms with E-state index in [1.54, 1.807) is 6.33 Å². The van der Waals surface area contributed by atoms with Gasteiger partial charge in [-0.05, 0) is 49.2 Å². The topological polar surface area (TPSA) is 46.9 Å². The summed E-state index contributed by atoms with van der Waals surface area (Å²) >= 11 is 7.96. The number of carbonyl (C=O) groups excluding carboxylic acids is 1. The number of nitrogens with one attached hydrogen (secondary N) is 1. The highest BCUT2D eigenvalue weighted by Crippen LogP contribution is 2.37. The summed E-state index contributed by atoms with van der Waals surface area (Å²) in [6.45, 7) is 1.90. The maximum absolute atomic E-state index is 12.8. The predicted molar refractivity (Wildman–Crippen MR) is 102 cm³/mol. The second-order valence-corrected chi connectivity index (χ2v) is 7.77. The van der Waals surface area contributed by atoms with Gasteiger partial charge in [0.1, 0.15) is 6.04 Å². The minimum atomic E-state index is -0.329. The molecular weight excluding hydrogens is 354 g/mol. The molecule has 0 saturated heterocycles. The highest BCUT2D eigenvalue weighted by atomic mass is 35.5. The van der Waals surface area contributed by atoms with Gasteiger partial charge in [0.05, 0.1) is 23.4 Å². The Morgan fingerprint density at radius 1 is 1.36 bits per heavy atom. The maximum Gasteiger partial charge on any atom is 0.243 e. The summed E-state index contributed by atoms with van der Waals surface area (Å²) in [5.41, 5.74) is 2.97. The van der Waals surface area contributed by atoms with Crippen LogP contribution in [0.15, 0.2) is 53.7 Å². The monoisotopic (exact) mass is 371 g/mol. The van der Waals surface area contributed by atoms with Crippen LogP contribution in [0.25, 0.3) is 11.0 Å². The first kappa shape index (κ1) is 16.5. The average molecular weight is 372 g/mol. The van der Waals surface area contributed by atoms with Crippen molar-refractivity contribution in [1.29, 1.82) is 0 Å². The highest BCUT2D eigenvalue weighted by Gasteiger charge is 2.25. The second-order valence-electron chi connectivity index (χ2n) is 6.20.